The van der Waals surface area contributed by atoms with Gasteiger partial charge in [0.05, 0.1) is 5.75 Å². The van der Waals surface area contributed by atoms with E-state index < -0.39 is 15.6 Å². The SMILES string of the molecule is CN(C1CCN(C(=O)OC(C)(C)C)C1)S(=O)(=O)Cc1ccccc1. The maximum atomic E-state index is 12.6. The van der Waals surface area contributed by atoms with Crippen molar-refractivity contribution in [3.63, 3.8) is 0 Å². The number of sulfonamides is 1. The van der Waals surface area contributed by atoms with E-state index in [9.17, 15) is 13.2 Å². The maximum absolute atomic E-state index is 12.6. The molecule has 0 N–H and O–H groups in total. The number of carbonyl (C=O) groups is 1. The first-order valence-electron chi connectivity index (χ1n) is 8.06. The lowest BCUT2D eigenvalue weighted by Gasteiger charge is -2.26. The minimum absolute atomic E-state index is 0.0344. The molecule has 1 aliphatic rings. The van der Waals surface area contributed by atoms with E-state index in [0.29, 0.717) is 19.5 Å². The zero-order chi connectivity index (χ0) is 18.0. The molecule has 1 saturated heterocycles. The lowest BCUT2D eigenvalue weighted by Crippen LogP contribution is -2.41. The minimum Gasteiger partial charge on any atom is -0.444 e. The third-order valence-electron chi connectivity index (χ3n) is 3.96. The summed E-state index contributed by atoms with van der Waals surface area (Å²) in [7, 11) is -1.84. The van der Waals surface area contributed by atoms with Crippen LogP contribution in [0, 0.1) is 0 Å². The van der Waals surface area contributed by atoms with Gasteiger partial charge < -0.3 is 9.64 Å². The molecule has 2 rings (SSSR count). The number of hydrogen-bond acceptors (Lipinski definition) is 4. The highest BCUT2D eigenvalue weighted by molar-refractivity contribution is 7.88. The van der Waals surface area contributed by atoms with E-state index in [0.717, 1.165) is 5.56 Å². The van der Waals surface area contributed by atoms with Crippen LogP contribution in [-0.2, 0) is 20.5 Å². The quantitative estimate of drug-likeness (QED) is 0.833. The molecule has 24 heavy (non-hydrogen) atoms. The van der Waals surface area contributed by atoms with Crippen molar-refractivity contribution in [2.75, 3.05) is 20.1 Å². The topological polar surface area (TPSA) is 66.9 Å². The van der Waals surface area contributed by atoms with E-state index in [1.165, 1.54) is 4.31 Å². The summed E-state index contributed by atoms with van der Waals surface area (Å²) in [4.78, 5) is 13.7. The van der Waals surface area contributed by atoms with Crippen LogP contribution in [0.2, 0.25) is 0 Å². The highest BCUT2D eigenvalue weighted by Crippen LogP contribution is 2.21. The molecule has 134 valence electrons. The number of carbonyl (C=O) groups excluding carboxylic acids is 1. The Morgan fingerprint density at radius 2 is 1.92 bits per heavy atom. The molecule has 1 heterocycles. The van der Waals surface area contributed by atoms with Gasteiger partial charge in [0.1, 0.15) is 5.60 Å². The van der Waals surface area contributed by atoms with Gasteiger partial charge in [-0.2, -0.15) is 4.31 Å². The van der Waals surface area contributed by atoms with Crippen molar-refractivity contribution in [3.8, 4) is 0 Å². The van der Waals surface area contributed by atoms with E-state index in [2.05, 4.69) is 0 Å². The third-order valence-corrected chi connectivity index (χ3v) is 5.83. The Balaban J connectivity index is 1.98. The summed E-state index contributed by atoms with van der Waals surface area (Å²) < 4.78 is 31.9. The van der Waals surface area contributed by atoms with Crippen LogP contribution in [0.15, 0.2) is 30.3 Å². The third kappa shape index (κ3) is 4.95. The van der Waals surface area contributed by atoms with Crippen molar-refractivity contribution in [2.24, 2.45) is 0 Å². The number of amides is 1. The molecule has 6 nitrogen and oxygen atoms in total. The van der Waals surface area contributed by atoms with Crippen molar-refractivity contribution < 1.29 is 17.9 Å². The van der Waals surface area contributed by atoms with Crippen molar-refractivity contribution in [1.82, 2.24) is 9.21 Å². The Labute approximate surface area is 144 Å². The fourth-order valence-electron chi connectivity index (χ4n) is 2.64. The molecule has 0 saturated carbocycles. The first kappa shape index (κ1) is 18.7. The van der Waals surface area contributed by atoms with Gasteiger partial charge in [0.15, 0.2) is 0 Å². The molecule has 7 heteroatoms. The van der Waals surface area contributed by atoms with Crippen LogP contribution in [0.1, 0.15) is 32.8 Å². The Kier molecular flexibility index (Phi) is 5.55. The van der Waals surface area contributed by atoms with Crippen molar-refractivity contribution in [2.45, 2.75) is 44.6 Å². The zero-order valence-electron chi connectivity index (χ0n) is 14.7. The highest BCUT2D eigenvalue weighted by Gasteiger charge is 2.35. The molecule has 1 fully saturated rings. The molecular formula is C17H26N2O4S. The zero-order valence-corrected chi connectivity index (χ0v) is 15.5. The molecular weight excluding hydrogens is 328 g/mol. The standard InChI is InChI=1S/C17H26N2O4S/c1-17(2,3)23-16(20)19-11-10-15(12-19)18(4)24(21,22)13-14-8-6-5-7-9-14/h5-9,15H,10-13H2,1-4H3. The second-order valence-electron chi connectivity index (χ2n) is 7.13. The Bertz CT molecular complexity index is 668. The first-order valence-corrected chi connectivity index (χ1v) is 9.67. The summed E-state index contributed by atoms with van der Waals surface area (Å²) in [5, 5.41) is 0. The largest absolute Gasteiger partial charge is 0.444 e. The van der Waals surface area contributed by atoms with Crippen molar-refractivity contribution >= 4 is 16.1 Å². The molecule has 0 radical (unpaired) electrons. The number of hydrogen-bond donors (Lipinski definition) is 0. The second kappa shape index (κ2) is 7.11. The van der Waals surface area contributed by atoms with Crippen LogP contribution >= 0.6 is 0 Å². The van der Waals surface area contributed by atoms with E-state index >= 15 is 0 Å². The van der Waals surface area contributed by atoms with Crippen molar-refractivity contribution in [1.29, 1.82) is 0 Å². The molecule has 1 aromatic carbocycles. The average molecular weight is 354 g/mol. The van der Waals surface area contributed by atoms with Gasteiger partial charge in [-0.15, -0.1) is 0 Å². The van der Waals surface area contributed by atoms with Crippen LogP contribution < -0.4 is 0 Å². The molecule has 0 aliphatic carbocycles. The lowest BCUT2D eigenvalue weighted by molar-refractivity contribution is 0.0287. The second-order valence-corrected chi connectivity index (χ2v) is 9.16. The summed E-state index contributed by atoms with van der Waals surface area (Å²) in [6.45, 7) is 6.31. The van der Waals surface area contributed by atoms with E-state index in [1.54, 1.807) is 24.1 Å². The summed E-state index contributed by atoms with van der Waals surface area (Å²) in [6, 6.07) is 8.89. The van der Waals surface area contributed by atoms with Crippen LogP contribution in [0.25, 0.3) is 0 Å². The van der Waals surface area contributed by atoms with Gasteiger partial charge >= 0.3 is 6.09 Å². The molecule has 0 aromatic heterocycles. The lowest BCUT2D eigenvalue weighted by atomic mass is 10.2. The highest BCUT2D eigenvalue weighted by atomic mass is 32.2. The fourth-order valence-corrected chi connectivity index (χ4v) is 4.09. The van der Waals surface area contributed by atoms with Gasteiger partial charge in [0.25, 0.3) is 0 Å². The molecule has 1 aromatic rings. The maximum Gasteiger partial charge on any atom is 0.410 e. The predicted molar refractivity (Wildman–Crippen MR) is 93.0 cm³/mol. The van der Waals surface area contributed by atoms with Gasteiger partial charge in [-0.05, 0) is 32.8 Å². The predicted octanol–water partition coefficient (Wildman–Crippen LogP) is 2.46. The molecule has 0 spiro atoms. The van der Waals surface area contributed by atoms with Crippen LogP contribution in [-0.4, -0.2) is 55.5 Å². The van der Waals surface area contributed by atoms with E-state index in [4.69, 9.17) is 4.74 Å². The van der Waals surface area contributed by atoms with Gasteiger partial charge in [-0.25, -0.2) is 13.2 Å². The number of rotatable bonds is 4. The number of nitrogens with zero attached hydrogens (tertiary/aromatic N) is 2. The summed E-state index contributed by atoms with van der Waals surface area (Å²) in [5.41, 5.74) is 0.201. The van der Waals surface area contributed by atoms with Crippen LogP contribution in [0.3, 0.4) is 0 Å². The van der Waals surface area contributed by atoms with Gasteiger partial charge in [0.2, 0.25) is 10.0 Å². The average Bonchev–Trinajstić information content (AvgIpc) is 2.95. The van der Waals surface area contributed by atoms with Crippen molar-refractivity contribution in [3.05, 3.63) is 35.9 Å². The Morgan fingerprint density at radius 1 is 1.29 bits per heavy atom. The first-order chi connectivity index (χ1) is 11.1. The number of likely N-dealkylation sites (tertiary alicyclic amines) is 1. The molecule has 0 bridgehead atoms. The molecule has 1 unspecified atom stereocenters. The number of ether oxygens (including phenoxy) is 1. The number of likely N-dealkylation sites (N-methyl/N-ethyl adjacent to an activating group) is 1. The Morgan fingerprint density at radius 3 is 2.50 bits per heavy atom. The summed E-state index contributed by atoms with van der Waals surface area (Å²) >= 11 is 0. The minimum atomic E-state index is -3.43. The molecule has 1 atom stereocenters. The van der Waals surface area contributed by atoms with Gasteiger partial charge in [-0.3, -0.25) is 0 Å². The van der Waals surface area contributed by atoms with Gasteiger partial charge in [0, 0.05) is 26.2 Å². The summed E-state index contributed by atoms with van der Waals surface area (Å²) in [6.07, 6.45) is 0.225. The smallest absolute Gasteiger partial charge is 0.410 e. The van der Waals surface area contributed by atoms with Crippen LogP contribution in [0.4, 0.5) is 4.79 Å². The summed E-state index contributed by atoms with van der Waals surface area (Å²) in [5.74, 6) is -0.0344. The molecule has 1 amide bonds. The normalized spacial score (nSPS) is 18.9. The molecule has 1 aliphatic heterocycles. The van der Waals surface area contributed by atoms with E-state index in [-0.39, 0.29) is 17.9 Å². The number of benzene rings is 1. The van der Waals surface area contributed by atoms with Crippen LogP contribution in [0.5, 0.6) is 0 Å². The van der Waals surface area contributed by atoms with Gasteiger partial charge in [-0.1, -0.05) is 30.3 Å². The Hall–Kier alpha value is -1.60. The monoisotopic (exact) mass is 354 g/mol. The fraction of sp³-hybridized carbons (Fsp3) is 0.588. The van der Waals surface area contributed by atoms with E-state index in [1.807, 2.05) is 39.0 Å².